The molecule has 0 fully saturated rings. The van der Waals surface area contributed by atoms with Gasteiger partial charge in [0.2, 0.25) is 5.76 Å². The van der Waals surface area contributed by atoms with Crippen LogP contribution < -0.4 is 29.6 Å². The summed E-state index contributed by atoms with van der Waals surface area (Å²) in [4.78, 5) is 0. The topological polar surface area (TPSA) is 67.8 Å². The van der Waals surface area contributed by atoms with E-state index in [1.54, 1.807) is 0 Å². The van der Waals surface area contributed by atoms with Crippen molar-refractivity contribution in [3.63, 3.8) is 0 Å². The first-order valence-electron chi connectivity index (χ1n) is 2.24. The standard InChI is InChI=1S/C5HClF2N2O.Na.H/c6-5(7,8)4(11)3(1-9)2-10;;/h11H;;/q;+1;-1. The number of rotatable bonds is 1. The van der Waals surface area contributed by atoms with Crippen LogP contribution >= 0.6 is 11.6 Å². The predicted octanol–water partition coefficient (Wildman–Crippen LogP) is -1.21. The zero-order valence-electron chi connectivity index (χ0n) is 6.98. The van der Waals surface area contributed by atoms with Crippen LogP contribution in [0.15, 0.2) is 11.3 Å². The third-order valence-corrected chi connectivity index (χ3v) is 0.908. The van der Waals surface area contributed by atoms with Gasteiger partial charge in [-0.25, -0.2) is 0 Å². The molecular formula is C5H2ClF2N2NaO. The van der Waals surface area contributed by atoms with Gasteiger partial charge in [-0.3, -0.25) is 0 Å². The molecule has 0 saturated carbocycles. The summed E-state index contributed by atoms with van der Waals surface area (Å²) < 4.78 is 23.8. The van der Waals surface area contributed by atoms with Gasteiger partial charge in [-0.1, -0.05) is 0 Å². The van der Waals surface area contributed by atoms with Crippen molar-refractivity contribution in [1.29, 1.82) is 10.5 Å². The van der Waals surface area contributed by atoms with Crippen LogP contribution in [0.3, 0.4) is 0 Å². The Labute approximate surface area is 95.6 Å². The molecule has 12 heavy (non-hydrogen) atoms. The number of nitrogens with zero attached hydrogens (tertiary/aromatic N) is 2. The van der Waals surface area contributed by atoms with Crippen molar-refractivity contribution in [2.45, 2.75) is 5.38 Å². The molecule has 0 heterocycles. The Hall–Kier alpha value is -0.330. The van der Waals surface area contributed by atoms with Crippen LogP contribution in [0.4, 0.5) is 8.78 Å². The molecule has 0 rings (SSSR count). The van der Waals surface area contributed by atoms with E-state index >= 15 is 0 Å². The average molecular weight is 203 g/mol. The van der Waals surface area contributed by atoms with Crippen LogP contribution in [0.2, 0.25) is 0 Å². The normalized spacial score (nSPS) is 8.75. The number of halogens is 3. The molecule has 0 spiro atoms. The molecule has 0 aromatic carbocycles. The molecule has 0 unspecified atom stereocenters. The number of nitriles is 2. The van der Waals surface area contributed by atoms with E-state index in [0.29, 0.717) is 0 Å². The summed E-state index contributed by atoms with van der Waals surface area (Å²) >= 11 is 4.29. The summed E-state index contributed by atoms with van der Waals surface area (Å²) in [5.74, 6) is -1.72. The Balaban J connectivity index is -0.000000500. The molecule has 3 nitrogen and oxygen atoms in total. The second-order valence-corrected chi connectivity index (χ2v) is 1.92. The summed E-state index contributed by atoms with van der Waals surface area (Å²) in [7, 11) is 0. The largest absolute Gasteiger partial charge is 1.00 e. The van der Waals surface area contributed by atoms with Gasteiger partial charge in [0.1, 0.15) is 12.1 Å². The first kappa shape index (κ1) is 14.2. The molecule has 60 valence electrons. The minimum atomic E-state index is -4.05. The number of hydrogen-bond donors (Lipinski definition) is 1. The summed E-state index contributed by atoms with van der Waals surface area (Å²) in [5, 5.41) is 20.3. The van der Waals surface area contributed by atoms with Crippen molar-refractivity contribution in [2.75, 3.05) is 0 Å². The molecular weight excluding hydrogens is 201 g/mol. The van der Waals surface area contributed by atoms with Gasteiger partial charge < -0.3 is 6.53 Å². The van der Waals surface area contributed by atoms with E-state index < -0.39 is 16.7 Å². The van der Waals surface area contributed by atoms with Gasteiger partial charge in [0.05, 0.1) is 0 Å². The van der Waals surface area contributed by atoms with Gasteiger partial charge in [0.15, 0.2) is 5.57 Å². The molecule has 0 aliphatic rings. The zero-order valence-corrected chi connectivity index (χ0v) is 8.73. The number of hydrogen-bond acceptors (Lipinski definition) is 3. The summed E-state index contributed by atoms with van der Waals surface area (Å²) in [5.41, 5.74) is -1.09. The van der Waals surface area contributed by atoms with Crippen LogP contribution in [-0.2, 0) is 0 Å². The van der Waals surface area contributed by atoms with Crippen molar-refractivity contribution in [2.24, 2.45) is 0 Å². The quantitative estimate of drug-likeness (QED) is 0.251. The Morgan fingerprint density at radius 1 is 1.42 bits per heavy atom. The van der Waals surface area contributed by atoms with Crippen LogP contribution in [-0.4, -0.2) is 10.5 Å². The molecule has 0 amide bonds. The molecule has 0 aromatic heterocycles. The van der Waals surface area contributed by atoms with Gasteiger partial charge in [-0.2, -0.15) is 19.3 Å². The van der Waals surface area contributed by atoms with E-state index in [4.69, 9.17) is 15.6 Å². The van der Waals surface area contributed by atoms with E-state index in [9.17, 15) is 8.78 Å². The molecule has 0 atom stereocenters. The van der Waals surface area contributed by atoms with Crippen LogP contribution in [0, 0.1) is 22.7 Å². The van der Waals surface area contributed by atoms with E-state index in [0.717, 1.165) is 12.1 Å². The third kappa shape index (κ3) is 3.89. The Kier molecular flexibility index (Phi) is 6.32. The number of allylic oxidation sites excluding steroid dienone is 2. The smallest absolute Gasteiger partial charge is 1.00 e. The van der Waals surface area contributed by atoms with Crippen LogP contribution in [0.25, 0.3) is 0 Å². The van der Waals surface area contributed by atoms with Crippen molar-refractivity contribution >= 4 is 11.6 Å². The van der Waals surface area contributed by atoms with Gasteiger partial charge in [-0.05, 0) is 11.6 Å². The Morgan fingerprint density at radius 2 is 1.75 bits per heavy atom. The van der Waals surface area contributed by atoms with Crippen molar-refractivity contribution in [3.05, 3.63) is 11.3 Å². The van der Waals surface area contributed by atoms with E-state index in [2.05, 4.69) is 11.6 Å². The summed E-state index contributed by atoms with van der Waals surface area (Å²) in [6, 6.07) is 2.12. The van der Waals surface area contributed by atoms with Crippen LogP contribution in [0.1, 0.15) is 1.43 Å². The molecule has 0 aliphatic carbocycles. The molecule has 0 radical (unpaired) electrons. The molecule has 0 aliphatic heterocycles. The molecule has 0 saturated heterocycles. The second kappa shape index (κ2) is 5.34. The Bertz CT molecular complexity index is 262. The third-order valence-electron chi connectivity index (χ3n) is 0.729. The fourth-order valence-corrected chi connectivity index (χ4v) is 0.367. The maximum absolute atomic E-state index is 11.9. The van der Waals surface area contributed by atoms with Crippen molar-refractivity contribution < 1.29 is 44.9 Å². The Morgan fingerprint density at radius 3 is 1.83 bits per heavy atom. The number of aliphatic hydroxyl groups is 1. The zero-order chi connectivity index (χ0) is 9.07. The maximum atomic E-state index is 11.9. The van der Waals surface area contributed by atoms with Gasteiger partial charge in [0, 0.05) is 0 Å². The minimum Gasteiger partial charge on any atom is -1.00 e. The van der Waals surface area contributed by atoms with Gasteiger partial charge in [0.25, 0.3) is 0 Å². The monoisotopic (exact) mass is 202 g/mol. The SMILES string of the molecule is N#CC(C#N)=C(O)C(F)(F)Cl.[H-].[Na+]. The van der Waals surface area contributed by atoms with E-state index in [1.807, 2.05) is 0 Å². The predicted molar refractivity (Wildman–Crippen MR) is 32.8 cm³/mol. The number of alkyl halides is 3. The summed E-state index contributed by atoms with van der Waals surface area (Å²) in [6.07, 6.45) is 0. The summed E-state index contributed by atoms with van der Waals surface area (Å²) in [6.45, 7) is 0. The average Bonchev–Trinajstić information content (AvgIpc) is 1.88. The molecule has 0 bridgehead atoms. The maximum Gasteiger partial charge on any atom is 1.00 e. The van der Waals surface area contributed by atoms with Gasteiger partial charge in [-0.15, -0.1) is 0 Å². The first-order chi connectivity index (χ1) is 4.93. The second-order valence-electron chi connectivity index (χ2n) is 1.44. The fraction of sp³-hybridized carbons (Fsp3) is 0.200. The van der Waals surface area contributed by atoms with Crippen LogP contribution in [0.5, 0.6) is 0 Å². The van der Waals surface area contributed by atoms with Crippen molar-refractivity contribution in [1.82, 2.24) is 0 Å². The van der Waals surface area contributed by atoms with E-state index in [-0.39, 0.29) is 31.0 Å². The van der Waals surface area contributed by atoms with E-state index in [1.165, 1.54) is 0 Å². The molecule has 7 heteroatoms. The minimum absolute atomic E-state index is 0. The molecule has 1 N–H and O–H groups in total. The molecule has 0 aromatic rings. The fourth-order valence-electron chi connectivity index (χ4n) is 0.273. The van der Waals surface area contributed by atoms with Crippen molar-refractivity contribution in [3.8, 4) is 12.1 Å². The number of aliphatic hydroxyl groups excluding tert-OH is 1. The van der Waals surface area contributed by atoms with Gasteiger partial charge >= 0.3 is 34.9 Å². The first-order valence-corrected chi connectivity index (χ1v) is 2.62.